The summed E-state index contributed by atoms with van der Waals surface area (Å²) in [6.07, 6.45) is 2.66. The quantitative estimate of drug-likeness (QED) is 0.150. The first-order valence-corrected chi connectivity index (χ1v) is 11.6. The zero-order valence-electron chi connectivity index (χ0n) is 20.1. The Morgan fingerprint density at radius 2 is 2.00 bits per heavy atom. The van der Waals surface area contributed by atoms with Crippen molar-refractivity contribution >= 4 is 28.9 Å². The molecule has 2 N–H and O–H groups in total. The summed E-state index contributed by atoms with van der Waals surface area (Å²) in [6.45, 7) is 6.62. The highest BCUT2D eigenvalue weighted by Gasteiger charge is 2.17. The van der Waals surface area contributed by atoms with E-state index < -0.39 is 11.1 Å². The fourth-order valence-corrected chi connectivity index (χ4v) is 3.33. The third-order valence-electron chi connectivity index (χ3n) is 5.27. The molecule has 188 valence electrons. The number of hydrogen-bond donors (Lipinski definition) is 2. The van der Waals surface area contributed by atoms with Crippen molar-refractivity contribution in [2.75, 3.05) is 23.8 Å². The Kier molecular flexibility index (Phi) is 9.16. The van der Waals surface area contributed by atoms with Crippen molar-refractivity contribution in [3.05, 3.63) is 52.3 Å². The van der Waals surface area contributed by atoms with E-state index in [1.165, 1.54) is 0 Å². The number of nitrogens with one attached hydrogen (secondary N) is 2. The van der Waals surface area contributed by atoms with E-state index in [1.54, 1.807) is 6.33 Å². The van der Waals surface area contributed by atoms with Crippen LogP contribution in [0.3, 0.4) is 0 Å². The number of esters is 1. The lowest BCUT2D eigenvalue weighted by Crippen LogP contribution is -2.27. The Labute approximate surface area is 203 Å². The SMILES string of the molecule is CC[C@H](COC(=O)CCCO[N+](=O)[O-])Nc1nc(NCc2ccccc2)c2ncn(C(C)C)c2n1. The van der Waals surface area contributed by atoms with E-state index in [0.29, 0.717) is 35.9 Å². The summed E-state index contributed by atoms with van der Waals surface area (Å²) in [7, 11) is 0. The van der Waals surface area contributed by atoms with E-state index in [-0.39, 0.29) is 38.1 Å². The van der Waals surface area contributed by atoms with Gasteiger partial charge < -0.3 is 24.8 Å². The molecule has 0 saturated heterocycles. The zero-order valence-corrected chi connectivity index (χ0v) is 20.1. The lowest BCUT2D eigenvalue weighted by molar-refractivity contribution is -0.757. The summed E-state index contributed by atoms with van der Waals surface area (Å²) in [4.78, 5) is 40.2. The highest BCUT2D eigenvalue weighted by atomic mass is 16.9. The molecule has 0 aliphatic heterocycles. The molecule has 0 amide bonds. The van der Waals surface area contributed by atoms with Gasteiger partial charge in [-0.3, -0.25) is 4.79 Å². The van der Waals surface area contributed by atoms with Crippen LogP contribution in [0.15, 0.2) is 36.7 Å². The maximum absolute atomic E-state index is 12.0. The molecule has 0 aliphatic carbocycles. The van der Waals surface area contributed by atoms with Gasteiger partial charge in [-0.2, -0.15) is 9.97 Å². The van der Waals surface area contributed by atoms with Crippen molar-refractivity contribution in [2.24, 2.45) is 0 Å². The molecular weight excluding hydrogens is 454 g/mol. The van der Waals surface area contributed by atoms with Crippen molar-refractivity contribution in [3.8, 4) is 0 Å². The maximum atomic E-state index is 12.0. The first-order valence-electron chi connectivity index (χ1n) is 11.6. The number of hydrogen-bond acceptors (Lipinski definition) is 10. The lowest BCUT2D eigenvalue weighted by Gasteiger charge is -2.18. The van der Waals surface area contributed by atoms with Crippen molar-refractivity contribution in [1.82, 2.24) is 19.5 Å². The van der Waals surface area contributed by atoms with Crippen LogP contribution in [0, 0.1) is 10.1 Å². The van der Waals surface area contributed by atoms with Crippen LogP contribution in [-0.4, -0.2) is 49.8 Å². The fraction of sp³-hybridized carbons (Fsp3) is 0.478. The molecule has 1 aromatic carbocycles. The average molecular weight is 486 g/mol. The first-order chi connectivity index (χ1) is 16.9. The van der Waals surface area contributed by atoms with Crippen LogP contribution in [0.2, 0.25) is 0 Å². The van der Waals surface area contributed by atoms with E-state index >= 15 is 0 Å². The van der Waals surface area contributed by atoms with Crippen LogP contribution in [0.1, 0.15) is 51.6 Å². The minimum Gasteiger partial charge on any atom is -0.463 e. The molecule has 0 aliphatic rings. The molecule has 0 fully saturated rings. The molecule has 12 heteroatoms. The van der Waals surface area contributed by atoms with E-state index in [2.05, 4.69) is 44.3 Å². The van der Waals surface area contributed by atoms with Crippen molar-refractivity contribution in [1.29, 1.82) is 0 Å². The number of anilines is 2. The number of carbonyl (C=O) groups is 1. The summed E-state index contributed by atoms with van der Waals surface area (Å²) in [6, 6.07) is 9.93. The van der Waals surface area contributed by atoms with Gasteiger partial charge in [0, 0.05) is 19.0 Å². The second-order valence-corrected chi connectivity index (χ2v) is 8.25. The number of ether oxygens (including phenoxy) is 1. The monoisotopic (exact) mass is 485 g/mol. The largest absolute Gasteiger partial charge is 0.463 e. The summed E-state index contributed by atoms with van der Waals surface area (Å²) < 4.78 is 7.30. The molecule has 0 radical (unpaired) electrons. The van der Waals surface area contributed by atoms with Crippen molar-refractivity contribution in [2.45, 2.75) is 58.7 Å². The Morgan fingerprint density at radius 3 is 2.69 bits per heavy atom. The van der Waals surface area contributed by atoms with Crippen molar-refractivity contribution < 1.29 is 19.5 Å². The predicted molar refractivity (Wildman–Crippen MR) is 130 cm³/mol. The third-order valence-corrected chi connectivity index (χ3v) is 5.27. The highest BCUT2D eigenvalue weighted by molar-refractivity contribution is 5.84. The van der Waals surface area contributed by atoms with Crippen LogP contribution in [0.4, 0.5) is 11.8 Å². The number of carbonyl (C=O) groups excluding carboxylic acids is 1. The van der Waals surface area contributed by atoms with Crippen LogP contribution in [0.25, 0.3) is 11.2 Å². The van der Waals surface area contributed by atoms with Crippen LogP contribution in [-0.2, 0) is 20.9 Å². The second kappa shape index (κ2) is 12.5. The van der Waals surface area contributed by atoms with Crippen molar-refractivity contribution in [3.63, 3.8) is 0 Å². The van der Waals surface area contributed by atoms with E-state index in [4.69, 9.17) is 4.74 Å². The number of fused-ring (bicyclic) bond motifs is 1. The molecule has 2 heterocycles. The first kappa shape index (κ1) is 25.7. The molecule has 0 saturated carbocycles. The normalized spacial score (nSPS) is 11.9. The molecule has 3 aromatic rings. The maximum Gasteiger partial charge on any atom is 0.305 e. The van der Waals surface area contributed by atoms with E-state index in [9.17, 15) is 14.9 Å². The van der Waals surface area contributed by atoms with Gasteiger partial charge in [0.15, 0.2) is 17.0 Å². The average Bonchev–Trinajstić information content (AvgIpc) is 3.28. The van der Waals surface area contributed by atoms with Crippen LogP contribution >= 0.6 is 0 Å². The lowest BCUT2D eigenvalue weighted by atomic mass is 10.2. The van der Waals surface area contributed by atoms with Gasteiger partial charge in [-0.25, -0.2) is 4.98 Å². The van der Waals surface area contributed by atoms with Gasteiger partial charge in [-0.15, -0.1) is 10.1 Å². The Morgan fingerprint density at radius 1 is 1.23 bits per heavy atom. The van der Waals surface area contributed by atoms with Gasteiger partial charge in [0.05, 0.1) is 19.0 Å². The molecular formula is C23H31N7O5. The Hall–Kier alpha value is -3.96. The summed E-state index contributed by atoms with van der Waals surface area (Å²) in [5.41, 5.74) is 2.49. The molecule has 0 bridgehead atoms. The number of rotatable bonds is 14. The van der Waals surface area contributed by atoms with Crippen LogP contribution in [0.5, 0.6) is 0 Å². The van der Waals surface area contributed by atoms with Gasteiger partial charge >= 0.3 is 5.97 Å². The van der Waals surface area contributed by atoms with Gasteiger partial charge in [-0.1, -0.05) is 37.3 Å². The molecule has 12 nitrogen and oxygen atoms in total. The Balaban J connectivity index is 1.69. The summed E-state index contributed by atoms with van der Waals surface area (Å²) in [5.74, 6) is 0.563. The number of benzene rings is 1. The van der Waals surface area contributed by atoms with Gasteiger partial charge in [0.1, 0.15) is 6.61 Å². The second-order valence-electron chi connectivity index (χ2n) is 8.25. The van der Waals surface area contributed by atoms with E-state index in [1.807, 2.05) is 41.8 Å². The summed E-state index contributed by atoms with van der Waals surface area (Å²) in [5, 5.41) is 15.9. The molecule has 0 unspecified atom stereocenters. The van der Waals surface area contributed by atoms with Gasteiger partial charge in [0.2, 0.25) is 5.95 Å². The highest BCUT2D eigenvalue weighted by Crippen LogP contribution is 2.24. The van der Waals surface area contributed by atoms with E-state index in [0.717, 1.165) is 5.56 Å². The van der Waals surface area contributed by atoms with Crippen LogP contribution < -0.4 is 10.6 Å². The minimum absolute atomic E-state index is 0.0356. The zero-order chi connectivity index (χ0) is 25.2. The van der Waals surface area contributed by atoms with Gasteiger partial charge in [0.25, 0.3) is 5.09 Å². The van der Waals surface area contributed by atoms with Gasteiger partial charge in [-0.05, 0) is 32.3 Å². The number of aromatic nitrogens is 4. The summed E-state index contributed by atoms with van der Waals surface area (Å²) >= 11 is 0. The third kappa shape index (κ3) is 7.52. The standard InChI is InChI=1S/C23H31N7O5/c1-4-18(14-34-19(31)11-8-12-35-30(32)33)26-23-27-21(24-13-17-9-6-5-7-10-17)20-22(28-23)29(15-25-20)16(2)3/h5-7,9-10,15-16,18H,4,8,11-14H2,1-3H3,(H2,24,26,27,28)/t18-/m1/s1. The molecule has 35 heavy (non-hydrogen) atoms. The Bertz CT molecular complexity index is 1120. The molecule has 3 rings (SSSR count). The number of imidazole rings is 1. The molecule has 0 spiro atoms. The number of nitrogens with zero attached hydrogens (tertiary/aromatic N) is 5. The topological polar surface area (TPSA) is 146 Å². The smallest absolute Gasteiger partial charge is 0.305 e. The minimum atomic E-state index is -0.882. The molecule has 2 aromatic heterocycles. The molecule has 1 atom stereocenters. The predicted octanol–water partition coefficient (Wildman–Crippen LogP) is 3.74. The fourth-order valence-electron chi connectivity index (χ4n) is 3.33.